The number of rotatable bonds is 3. The molecule has 0 aliphatic rings. The van der Waals surface area contributed by atoms with Gasteiger partial charge in [0.2, 0.25) is 0 Å². The molecule has 0 radical (unpaired) electrons. The van der Waals surface area contributed by atoms with Crippen molar-refractivity contribution in [2.75, 3.05) is 27.7 Å². The topological polar surface area (TPSA) is 18.5 Å². The molecule has 0 fully saturated rings. The fourth-order valence-corrected chi connectivity index (χ4v) is 0.412. The van der Waals surface area contributed by atoms with Crippen molar-refractivity contribution in [2.45, 2.75) is 6.92 Å². The fourth-order valence-electron chi connectivity index (χ4n) is 0.412. The van der Waals surface area contributed by atoms with E-state index in [1.807, 2.05) is 31.2 Å². The van der Waals surface area contributed by atoms with Crippen LogP contribution in [0.2, 0.25) is 0 Å². The number of hydrogen-bond acceptors (Lipinski definition) is 3. The van der Waals surface area contributed by atoms with Crippen molar-refractivity contribution in [3.05, 3.63) is 0 Å². The summed E-state index contributed by atoms with van der Waals surface area (Å²) in [4.78, 5) is 0. The molecule has 0 aromatic carbocycles. The lowest BCUT2D eigenvalue weighted by Gasteiger charge is -2.20. The highest BCUT2D eigenvalue weighted by Gasteiger charge is 1.90. The average molecular weight is 117 g/mol. The van der Waals surface area contributed by atoms with Crippen molar-refractivity contribution >= 4 is 0 Å². The summed E-state index contributed by atoms with van der Waals surface area (Å²) in [6.45, 7) is 3.11. The highest BCUT2D eigenvalue weighted by molar-refractivity contribution is 4.30. The van der Waals surface area contributed by atoms with Gasteiger partial charge in [0.05, 0.1) is 0 Å². The minimum Gasteiger partial charge on any atom is -0.237 e. The molecule has 0 spiro atoms. The Morgan fingerprint density at radius 2 is 1.75 bits per heavy atom. The Hall–Kier alpha value is -0.120. The second-order valence-electron chi connectivity index (χ2n) is 2.01. The van der Waals surface area contributed by atoms with Crippen molar-refractivity contribution in [3.63, 3.8) is 0 Å². The van der Waals surface area contributed by atoms with Gasteiger partial charge in [0.1, 0.15) is 0 Å². The standard InChI is InChI=1S/C5H15N3/c1-5-8(4)6-7(2)3/h6H,5H2,1-4H3. The van der Waals surface area contributed by atoms with Crippen LogP contribution in [-0.2, 0) is 0 Å². The van der Waals surface area contributed by atoms with Crippen molar-refractivity contribution in [1.82, 2.24) is 15.6 Å². The molecule has 3 nitrogen and oxygen atoms in total. The maximum Gasteiger partial charge on any atom is 0.0112 e. The lowest BCUT2D eigenvalue weighted by atomic mass is 10.7. The zero-order valence-corrected chi connectivity index (χ0v) is 6.10. The minimum absolute atomic E-state index is 1.01. The number of nitrogens with one attached hydrogen (secondary N) is 1. The second-order valence-corrected chi connectivity index (χ2v) is 2.01. The third-order valence-corrected chi connectivity index (χ3v) is 0.845. The van der Waals surface area contributed by atoms with Crippen molar-refractivity contribution in [1.29, 1.82) is 0 Å². The largest absolute Gasteiger partial charge is 0.237 e. The van der Waals surface area contributed by atoms with E-state index in [2.05, 4.69) is 12.5 Å². The molecule has 0 amide bonds. The molecule has 0 unspecified atom stereocenters. The van der Waals surface area contributed by atoms with E-state index in [4.69, 9.17) is 0 Å². The Morgan fingerprint density at radius 1 is 1.25 bits per heavy atom. The van der Waals surface area contributed by atoms with Crippen LogP contribution in [0.5, 0.6) is 0 Å². The van der Waals surface area contributed by atoms with Crippen LogP contribution < -0.4 is 5.53 Å². The lowest BCUT2D eigenvalue weighted by Crippen LogP contribution is -2.43. The summed E-state index contributed by atoms with van der Waals surface area (Å²) in [6, 6.07) is 0. The summed E-state index contributed by atoms with van der Waals surface area (Å²) >= 11 is 0. The van der Waals surface area contributed by atoms with E-state index in [0.29, 0.717) is 0 Å². The third-order valence-electron chi connectivity index (χ3n) is 0.845. The van der Waals surface area contributed by atoms with Gasteiger partial charge in [0.25, 0.3) is 0 Å². The molecular weight excluding hydrogens is 102 g/mol. The third kappa shape index (κ3) is 4.05. The average Bonchev–Trinajstić information content (AvgIpc) is 1.65. The number of hydrazine groups is 2. The number of nitrogens with zero attached hydrogens (tertiary/aromatic N) is 2. The Kier molecular flexibility index (Phi) is 3.77. The van der Waals surface area contributed by atoms with E-state index < -0.39 is 0 Å². The molecule has 50 valence electrons. The van der Waals surface area contributed by atoms with Gasteiger partial charge in [-0.2, -0.15) is 5.53 Å². The smallest absolute Gasteiger partial charge is 0.0112 e. The van der Waals surface area contributed by atoms with Crippen LogP contribution in [0, 0.1) is 0 Å². The van der Waals surface area contributed by atoms with Crippen LogP contribution in [0.4, 0.5) is 0 Å². The van der Waals surface area contributed by atoms with Gasteiger partial charge in [0, 0.05) is 27.7 Å². The van der Waals surface area contributed by atoms with E-state index in [0.717, 1.165) is 6.54 Å². The summed E-state index contributed by atoms with van der Waals surface area (Å²) in [6.07, 6.45) is 0. The van der Waals surface area contributed by atoms with E-state index >= 15 is 0 Å². The summed E-state index contributed by atoms with van der Waals surface area (Å²) in [5.41, 5.74) is 3.06. The molecule has 0 heterocycles. The fraction of sp³-hybridized carbons (Fsp3) is 1.00. The summed E-state index contributed by atoms with van der Waals surface area (Å²) in [7, 11) is 5.93. The first kappa shape index (κ1) is 7.88. The molecular formula is C5H15N3. The van der Waals surface area contributed by atoms with E-state index in [1.165, 1.54) is 0 Å². The van der Waals surface area contributed by atoms with Gasteiger partial charge in [0.15, 0.2) is 0 Å². The van der Waals surface area contributed by atoms with Crippen LogP contribution in [-0.4, -0.2) is 37.7 Å². The van der Waals surface area contributed by atoms with E-state index in [9.17, 15) is 0 Å². The van der Waals surface area contributed by atoms with Crippen LogP contribution in [0.25, 0.3) is 0 Å². The highest BCUT2D eigenvalue weighted by atomic mass is 15.7. The molecule has 0 aliphatic heterocycles. The molecule has 0 atom stereocenters. The molecule has 0 aliphatic carbocycles. The molecule has 0 aromatic heterocycles. The van der Waals surface area contributed by atoms with Crippen molar-refractivity contribution in [3.8, 4) is 0 Å². The molecule has 0 saturated heterocycles. The zero-order valence-electron chi connectivity index (χ0n) is 6.10. The first-order valence-corrected chi connectivity index (χ1v) is 2.81. The number of hydrogen-bond donors (Lipinski definition) is 1. The van der Waals surface area contributed by atoms with Gasteiger partial charge < -0.3 is 0 Å². The first-order chi connectivity index (χ1) is 3.66. The molecule has 0 aromatic rings. The molecule has 0 rings (SSSR count). The monoisotopic (exact) mass is 117 g/mol. The van der Waals surface area contributed by atoms with Gasteiger partial charge in [-0.3, -0.25) is 0 Å². The van der Waals surface area contributed by atoms with Crippen LogP contribution >= 0.6 is 0 Å². The Labute approximate surface area is 51.2 Å². The minimum atomic E-state index is 1.01. The molecule has 3 heteroatoms. The maximum absolute atomic E-state index is 3.06. The van der Waals surface area contributed by atoms with Gasteiger partial charge in [-0.25, -0.2) is 10.0 Å². The second kappa shape index (κ2) is 3.83. The predicted molar refractivity (Wildman–Crippen MR) is 35.1 cm³/mol. The van der Waals surface area contributed by atoms with Gasteiger partial charge in [-0.1, -0.05) is 6.92 Å². The maximum atomic E-state index is 3.06. The highest BCUT2D eigenvalue weighted by Crippen LogP contribution is 1.71. The Morgan fingerprint density at radius 3 is 1.88 bits per heavy atom. The van der Waals surface area contributed by atoms with Gasteiger partial charge in [-0.05, 0) is 0 Å². The summed E-state index contributed by atoms with van der Waals surface area (Å²) in [5.74, 6) is 0. The van der Waals surface area contributed by atoms with Crippen LogP contribution in [0.15, 0.2) is 0 Å². The normalized spacial score (nSPS) is 11.2. The van der Waals surface area contributed by atoms with E-state index in [-0.39, 0.29) is 0 Å². The molecule has 8 heavy (non-hydrogen) atoms. The Balaban J connectivity index is 3.10. The molecule has 0 bridgehead atoms. The SMILES string of the molecule is CCN(C)NN(C)C. The van der Waals surface area contributed by atoms with Gasteiger partial charge in [-0.15, -0.1) is 0 Å². The van der Waals surface area contributed by atoms with Crippen molar-refractivity contribution < 1.29 is 0 Å². The Bertz CT molecular complexity index is 53.6. The summed E-state index contributed by atoms with van der Waals surface area (Å²) in [5, 5.41) is 3.91. The molecule has 1 N–H and O–H groups in total. The quantitative estimate of drug-likeness (QED) is 0.522. The van der Waals surface area contributed by atoms with Crippen LogP contribution in [0.1, 0.15) is 6.92 Å². The van der Waals surface area contributed by atoms with Crippen molar-refractivity contribution in [2.24, 2.45) is 0 Å². The van der Waals surface area contributed by atoms with Crippen LogP contribution in [0.3, 0.4) is 0 Å². The lowest BCUT2D eigenvalue weighted by molar-refractivity contribution is 0.0921. The molecule has 0 saturated carbocycles. The predicted octanol–water partition coefficient (Wildman–Crippen LogP) is -0.0807. The zero-order chi connectivity index (χ0) is 6.57. The summed E-state index contributed by atoms with van der Waals surface area (Å²) < 4.78 is 0. The van der Waals surface area contributed by atoms with Gasteiger partial charge >= 0.3 is 0 Å². The van der Waals surface area contributed by atoms with E-state index in [1.54, 1.807) is 0 Å². The first-order valence-electron chi connectivity index (χ1n) is 2.81.